The maximum atomic E-state index is 13.2. The molecule has 0 aromatic carbocycles. The second kappa shape index (κ2) is 49.1. The lowest BCUT2D eigenvalue weighted by Crippen LogP contribution is -2.46. The highest BCUT2D eigenvalue weighted by molar-refractivity contribution is 5.77. The number of aliphatic hydroxyl groups excluding tert-OH is 2. The Morgan fingerprint density at radius 1 is 0.500 bits per heavy atom. The zero-order chi connectivity index (χ0) is 45.2. The summed E-state index contributed by atoms with van der Waals surface area (Å²) in [5, 5.41) is 23.7. The molecule has 0 bridgehead atoms. The van der Waals surface area contributed by atoms with Gasteiger partial charge in [-0.2, -0.15) is 0 Å². The number of carbonyl (C=O) groups is 2. The number of esters is 1. The van der Waals surface area contributed by atoms with Gasteiger partial charge in [0.25, 0.3) is 0 Å². The van der Waals surface area contributed by atoms with E-state index in [0.29, 0.717) is 25.7 Å². The molecule has 0 spiro atoms. The van der Waals surface area contributed by atoms with E-state index in [1.54, 1.807) is 0 Å². The van der Waals surface area contributed by atoms with E-state index in [2.05, 4.69) is 111 Å². The Kier molecular flexibility index (Phi) is 46.7. The fraction of sp³-hybridized carbons (Fsp3) is 0.714. The highest BCUT2D eigenvalue weighted by atomic mass is 16.5. The van der Waals surface area contributed by atoms with Gasteiger partial charge in [-0.25, -0.2) is 0 Å². The van der Waals surface area contributed by atoms with Crippen molar-refractivity contribution < 1.29 is 24.5 Å². The van der Waals surface area contributed by atoms with Crippen LogP contribution in [0.1, 0.15) is 233 Å². The van der Waals surface area contributed by atoms with Gasteiger partial charge in [-0.05, 0) is 89.9 Å². The number of aliphatic hydroxyl groups is 2. The SMILES string of the molecule is CC/C=C\C/C=C\C/C=C\C/C=C\C/C=C\CCCC(=O)OC(CCCCCC/C=C/C=C/CCCCC)CC(=O)NC(CO)C(O)CCCCCCCCCCCCCCC. The summed E-state index contributed by atoms with van der Waals surface area (Å²) in [6.45, 7) is 6.31. The average molecular weight is 864 g/mol. The molecule has 3 atom stereocenters. The first kappa shape index (κ1) is 59.0. The zero-order valence-electron chi connectivity index (χ0n) is 40.5. The lowest BCUT2D eigenvalue weighted by atomic mass is 10.0. The number of nitrogens with one attached hydrogen (secondary N) is 1. The van der Waals surface area contributed by atoms with Crippen LogP contribution in [0, 0.1) is 0 Å². The van der Waals surface area contributed by atoms with Crippen LogP contribution < -0.4 is 5.32 Å². The normalized spacial score (nSPS) is 14.0. The van der Waals surface area contributed by atoms with Crippen molar-refractivity contribution in [3.63, 3.8) is 0 Å². The van der Waals surface area contributed by atoms with Crippen molar-refractivity contribution in [1.29, 1.82) is 0 Å². The molecule has 356 valence electrons. The predicted molar refractivity (Wildman–Crippen MR) is 268 cm³/mol. The van der Waals surface area contributed by atoms with Crippen LogP contribution in [-0.2, 0) is 14.3 Å². The van der Waals surface area contributed by atoms with Crippen molar-refractivity contribution in [1.82, 2.24) is 5.32 Å². The number of ether oxygens (including phenoxy) is 1. The maximum Gasteiger partial charge on any atom is 0.306 e. The quantitative estimate of drug-likeness (QED) is 0.0245. The van der Waals surface area contributed by atoms with Gasteiger partial charge in [0.2, 0.25) is 5.91 Å². The molecule has 6 nitrogen and oxygen atoms in total. The first-order valence-corrected chi connectivity index (χ1v) is 25.8. The standard InChI is InChI=1S/C56H97NO5/c1-4-7-10-13-16-19-22-25-26-27-28-31-34-37-40-43-46-49-56(61)62-52(47-44-41-38-35-32-29-23-20-17-14-11-8-5-2)50-55(60)57-53(51-58)54(59)48-45-42-39-36-33-30-24-21-18-15-12-9-6-3/h7,10,16-17,19-20,23,25-26,28-29,31,37,40,52-54,58-59H,4-6,8-9,11-15,18,21-22,24,27,30,32-36,38-39,41-51H2,1-3H3,(H,57,60)/b10-7-,19-16-,20-17+,26-25-,29-23+,31-28-,40-37-. The molecule has 0 aliphatic carbocycles. The third-order valence-electron chi connectivity index (χ3n) is 11.2. The van der Waals surface area contributed by atoms with Crippen LogP contribution in [0.2, 0.25) is 0 Å². The monoisotopic (exact) mass is 864 g/mol. The van der Waals surface area contributed by atoms with Gasteiger partial charge < -0.3 is 20.3 Å². The average Bonchev–Trinajstić information content (AvgIpc) is 3.26. The van der Waals surface area contributed by atoms with Crippen molar-refractivity contribution in [2.45, 2.75) is 251 Å². The topological polar surface area (TPSA) is 95.9 Å². The van der Waals surface area contributed by atoms with Crippen molar-refractivity contribution >= 4 is 11.9 Å². The largest absolute Gasteiger partial charge is 0.462 e. The van der Waals surface area contributed by atoms with Gasteiger partial charge >= 0.3 is 5.97 Å². The summed E-state index contributed by atoms with van der Waals surface area (Å²) in [7, 11) is 0. The number of unbranched alkanes of at least 4 members (excludes halogenated alkanes) is 20. The fourth-order valence-electron chi connectivity index (χ4n) is 7.34. The van der Waals surface area contributed by atoms with Crippen LogP contribution in [-0.4, -0.2) is 46.9 Å². The van der Waals surface area contributed by atoms with E-state index in [1.165, 1.54) is 83.5 Å². The number of amides is 1. The van der Waals surface area contributed by atoms with Crippen LogP contribution in [0.3, 0.4) is 0 Å². The summed E-state index contributed by atoms with van der Waals surface area (Å²) in [5.74, 6) is -0.567. The Morgan fingerprint density at radius 3 is 1.44 bits per heavy atom. The molecule has 1 amide bonds. The smallest absolute Gasteiger partial charge is 0.306 e. The Hall–Kier alpha value is -2.96. The fourth-order valence-corrected chi connectivity index (χ4v) is 7.34. The van der Waals surface area contributed by atoms with Crippen molar-refractivity contribution in [2.24, 2.45) is 0 Å². The molecule has 0 aliphatic rings. The Balaban J connectivity index is 4.70. The van der Waals surface area contributed by atoms with Gasteiger partial charge in [-0.3, -0.25) is 9.59 Å². The van der Waals surface area contributed by atoms with Crippen molar-refractivity contribution in [3.8, 4) is 0 Å². The molecule has 0 saturated heterocycles. The summed E-state index contributed by atoms with van der Waals surface area (Å²) in [5.41, 5.74) is 0. The Bertz CT molecular complexity index is 1200. The molecular formula is C56H97NO5. The van der Waals surface area contributed by atoms with Crippen LogP contribution in [0.15, 0.2) is 85.1 Å². The van der Waals surface area contributed by atoms with E-state index in [4.69, 9.17) is 4.74 Å². The van der Waals surface area contributed by atoms with Crippen LogP contribution in [0.5, 0.6) is 0 Å². The van der Waals surface area contributed by atoms with Crippen molar-refractivity contribution in [2.75, 3.05) is 6.61 Å². The molecular weight excluding hydrogens is 767 g/mol. The van der Waals surface area contributed by atoms with Crippen LogP contribution in [0.4, 0.5) is 0 Å². The van der Waals surface area contributed by atoms with E-state index in [9.17, 15) is 19.8 Å². The molecule has 3 N–H and O–H groups in total. The van der Waals surface area contributed by atoms with Gasteiger partial charge in [-0.1, -0.05) is 215 Å². The zero-order valence-corrected chi connectivity index (χ0v) is 40.5. The lowest BCUT2D eigenvalue weighted by Gasteiger charge is -2.24. The van der Waals surface area contributed by atoms with E-state index in [-0.39, 0.29) is 24.9 Å². The summed E-state index contributed by atoms with van der Waals surface area (Å²) in [6, 6.07) is -0.723. The van der Waals surface area contributed by atoms with E-state index in [0.717, 1.165) is 96.3 Å². The summed E-state index contributed by atoms with van der Waals surface area (Å²) in [4.78, 5) is 26.1. The highest BCUT2D eigenvalue weighted by Gasteiger charge is 2.24. The number of hydrogen-bond donors (Lipinski definition) is 3. The van der Waals surface area contributed by atoms with E-state index >= 15 is 0 Å². The van der Waals surface area contributed by atoms with Gasteiger partial charge in [0.1, 0.15) is 6.10 Å². The molecule has 0 fully saturated rings. The van der Waals surface area contributed by atoms with Gasteiger partial charge in [0.05, 0.1) is 25.2 Å². The maximum absolute atomic E-state index is 13.2. The molecule has 0 aliphatic heterocycles. The third-order valence-corrected chi connectivity index (χ3v) is 11.2. The molecule has 0 aromatic rings. The second-order valence-electron chi connectivity index (χ2n) is 17.2. The predicted octanol–water partition coefficient (Wildman–Crippen LogP) is 15.6. The molecule has 0 aromatic heterocycles. The first-order valence-electron chi connectivity index (χ1n) is 25.8. The minimum atomic E-state index is -0.806. The summed E-state index contributed by atoms with van der Waals surface area (Å²) >= 11 is 0. The number of hydrogen-bond acceptors (Lipinski definition) is 5. The number of rotatable bonds is 45. The Labute approximate surface area is 383 Å². The van der Waals surface area contributed by atoms with E-state index in [1.807, 2.05) is 0 Å². The number of carbonyl (C=O) groups excluding carboxylic acids is 2. The highest BCUT2D eigenvalue weighted by Crippen LogP contribution is 2.17. The molecule has 6 heteroatoms. The minimum absolute atomic E-state index is 0.0375. The van der Waals surface area contributed by atoms with Gasteiger partial charge in [0.15, 0.2) is 0 Å². The summed E-state index contributed by atoms with van der Waals surface area (Å²) < 4.78 is 5.89. The second-order valence-corrected chi connectivity index (χ2v) is 17.2. The molecule has 62 heavy (non-hydrogen) atoms. The van der Waals surface area contributed by atoms with Crippen molar-refractivity contribution in [3.05, 3.63) is 85.1 Å². The summed E-state index contributed by atoms with van der Waals surface area (Å²) in [6.07, 6.45) is 63.5. The Morgan fingerprint density at radius 2 is 0.919 bits per heavy atom. The molecule has 0 saturated carbocycles. The molecule has 0 rings (SSSR count). The van der Waals surface area contributed by atoms with Gasteiger partial charge in [-0.15, -0.1) is 0 Å². The molecule has 0 radical (unpaired) electrons. The third kappa shape index (κ3) is 43.7. The minimum Gasteiger partial charge on any atom is -0.462 e. The molecule has 3 unspecified atom stereocenters. The van der Waals surface area contributed by atoms with Crippen LogP contribution >= 0.6 is 0 Å². The van der Waals surface area contributed by atoms with E-state index < -0.39 is 18.2 Å². The van der Waals surface area contributed by atoms with Crippen LogP contribution in [0.25, 0.3) is 0 Å². The lowest BCUT2D eigenvalue weighted by molar-refractivity contribution is -0.151. The number of allylic oxidation sites excluding steroid dienone is 14. The molecule has 0 heterocycles. The van der Waals surface area contributed by atoms with Gasteiger partial charge in [0, 0.05) is 6.42 Å². The first-order chi connectivity index (χ1) is 30.5.